The number of nitrogens with zero attached hydrogens (tertiary/aromatic N) is 1. The van der Waals surface area contributed by atoms with Crippen LogP contribution in [0.25, 0.3) is 0 Å². The Hall–Kier alpha value is -0.0800. The lowest BCUT2D eigenvalue weighted by atomic mass is 10.1. The molecule has 0 amide bonds. The molecule has 0 aliphatic rings. The van der Waals surface area contributed by atoms with E-state index in [1.165, 1.54) is 64.5 Å². The first-order chi connectivity index (χ1) is 7.77. The summed E-state index contributed by atoms with van der Waals surface area (Å²) in [5.74, 6) is 0. The van der Waals surface area contributed by atoms with Crippen LogP contribution in [0.2, 0.25) is 0 Å². The molecule has 98 valence electrons. The summed E-state index contributed by atoms with van der Waals surface area (Å²) in [6.07, 6.45) is 11.3. The van der Waals surface area contributed by atoms with E-state index in [1.54, 1.807) is 0 Å². The molecule has 0 unspecified atom stereocenters. The number of unbranched alkanes of at least 4 members (excludes halogenated alkanes) is 7. The molecule has 0 saturated heterocycles. The van der Waals surface area contributed by atoms with Crippen LogP contribution in [0.15, 0.2) is 0 Å². The van der Waals surface area contributed by atoms with Crippen LogP contribution in [0, 0.1) is 0 Å². The molecular formula is C14H32N2. The first-order valence-corrected chi connectivity index (χ1v) is 7.12. The van der Waals surface area contributed by atoms with E-state index in [0.29, 0.717) is 0 Å². The second-order valence-electron chi connectivity index (χ2n) is 4.99. The van der Waals surface area contributed by atoms with Crippen molar-refractivity contribution in [3.05, 3.63) is 0 Å². The van der Waals surface area contributed by atoms with Crippen molar-refractivity contribution in [2.45, 2.75) is 58.3 Å². The molecule has 2 nitrogen and oxygen atoms in total. The van der Waals surface area contributed by atoms with Gasteiger partial charge in [0.15, 0.2) is 0 Å². The molecule has 0 aromatic rings. The van der Waals surface area contributed by atoms with Gasteiger partial charge in [0, 0.05) is 0 Å². The first-order valence-electron chi connectivity index (χ1n) is 7.12. The third-order valence-corrected chi connectivity index (χ3v) is 2.96. The molecule has 0 rings (SSSR count). The highest BCUT2D eigenvalue weighted by Crippen LogP contribution is 2.08. The highest BCUT2D eigenvalue weighted by molar-refractivity contribution is 4.50. The van der Waals surface area contributed by atoms with Crippen LogP contribution in [-0.2, 0) is 0 Å². The SMILES string of the molecule is CCNCCCCCCCCCCN(C)C. The van der Waals surface area contributed by atoms with Gasteiger partial charge in [0.1, 0.15) is 0 Å². The van der Waals surface area contributed by atoms with Crippen molar-refractivity contribution in [1.82, 2.24) is 10.2 Å². The Bertz CT molecular complexity index is 124. The average molecular weight is 228 g/mol. The maximum atomic E-state index is 3.37. The predicted octanol–water partition coefficient (Wildman–Crippen LogP) is 3.28. The quantitative estimate of drug-likeness (QED) is 0.516. The van der Waals surface area contributed by atoms with Gasteiger partial charge in [0.25, 0.3) is 0 Å². The van der Waals surface area contributed by atoms with Crippen molar-refractivity contribution in [2.24, 2.45) is 0 Å². The number of nitrogens with one attached hydrogen (secondary N) is 1. The Morgan fingerprint density at radius 2 is 1.25 bits per heavy atom. The van der Waals surface area contributed by atoms with E-state index in [4.69, 9.17) is 0 Å². The van der Waals surface area contributed by atoms with Gasteiger partial charge in [-0.2, -0.15) is 0 Å². The lowest BCUT2D eigenvalue weighted by Crippen LogP contribution is -2.13. The minimum atomic E-state index is 1.12. The molecule has 2 heteroatoms. The summed E-state index contributed by atoms with van der Waals surface area (Å²) >= 11 is 0. The maximum Gasteiger partial charge on any atom is -0.00248 e. The van der Waals surface area contributed by atoms with Crippen LogP contribution in [0.3, 0.4) is 0 Å². The molecule has 0 aromatic carbocycles. The lowest BCUT2D eigenvalue weighted by molar-refractivity contribution is 0.389. The maximum absolute atomic E-state index is 3.37. The van der Waals surface area contributed by atoms with Gasteiger partial charge in [0.05, 0.1) is 0 Å². The molecule has 0 aliphatic heterocycles. The van der Waals surface area contributed by atoms with Crippen molar-refractivity contribution in [3.63, 3.8) is 0 Å². The third kappa shape index (κ3) is 13.9. The molecule has 0 saturated carbocycles. The van der Waals surface area contributed by atoms with Crippen molar-refractivity contribution in [3.8, 4) is 0 Å². The Morgan fingerprint density at radius 1 is 0.750 bits per heavy atom. The lowest BCUT2D eigenvalue weighted by Gasteiger charge is -2.08. The van der Waals surface area contributed by atoms with Gasteiger partial charge < -0.3 is 10.2 Å². The fraction of sp³-hybridized carbons (Fsp3) is 1.00. The summed E-state index contributed by atoms with van der Waals surface area (Å²) in [6, 6.07) is 0. The van der Waals surface area contributed by atoms with Gasteiger partial charge in [-0.05, 0) is 46.6 Å². The molecular weight excluding hydrogens is 196 g/mol. The smallest absolute Gasteiger partial charge is 0.00248 e. The van der Waals surface area contributed by atoms with Crippen molar-refractivity contribution >= 4 is 0 Å². The second-order valence-corrected chi connectivity index (χ2v) is 4.99. The van der Waals surface area contributed by atoms with Crippen molar-refractivity contribution in [1.29, 1.82) is 0 Å². The van der Waals surface area contributed by atoms with Crippen LogP contribution >= 0.6 is 0 Å². The van der Waals surface area contributed by atoms with E-state index in [2.05, 4.69) is 31.2 Å². The van der Waals surface area contributed by atoms with Crippen LogP contribution in [0.1, 0.15) is 58.3 Å². The summed E-state index contributed by atoms with van der Waals surface area (Å²) in [4.78, 5) is 2.28. The highest BCUT2D eigenvalue weighted by Gasteiger charge is 1.93. The van der Waals surface area contributed by atoms with Gasteiger partial charge in [-0.25, -0.2) is 0 Å². The van der Waals surface area contributed by atoms with E-state index < -0.39 is 0 Å². The van der Waals surface area contributed by atoms with Crippen molar-refractivity contribution in [2.75, 3.05) is 33.7 Å². The largest absolute Gasteiger partial charge is 0.317 e. The van der Waals surface area contributed by atoms with E-state index >= 15 is 0 Å². The first kappa shape index (κ1) is 15.9. The van der Waals surface area contributed by atoms with Crippen LogP contribution in [-0.4, -0.2) is 38.6 Å². The third-order valence-electron chi connectivity index (χ3n) is 2.96. The molecule has 0 fully saturated rings. The molecule has 0 bridgehead atoms. The topological polar surface area (TPSA) is 15.3 Å². The molecule has 0 radical (unpaired) electrons. The Labute approximate surface area is 103 Å². The Morgan fingerprint density at radius 3 is 1.75 bits per heavy atom. The number of hydrogen-bond acceptors (Lipinski definition) is 2. The van der Waals surface area contributed by atoms with Gasteiger partial charge in [-0.3, -0.25) is 0 Å². The molecule has 0 atom stereocenters. The van der Waals surface area contributed by atoms with E-state index in [1.807, 2.05) is 0 Å². The zero-order valence-corrected chi connectivity index (χ0v) is 11.7. The monoisotopic (exact) mass is 228 g/mol. The van der Waals surface area contributed by atoms with Gasteiger partial charge in [-0.1, -0.05) is 45.4 Å². The fourth-order valence-corrected chi connectivity index (χ4v) is 1.92. The highest BCUT2D eigenvalue weighted by atomic mass is 15.0. The summed E-state index contributed by atoms with van der Waals surface area (Å²) in [6.45, 7) is 5.75. The number of hydrogen-bond donors (Lipinski definition) is 1. The van der Waals surface area contributed by atoms with Gasteiger partial charge in [0.2, 0.25) is 0 Å². The standard InChI is InChI=1S/C14H32N2/c1-4-15-13-11-9-7-5-6-8-10-12-14-16(2)3/h15H,4-14H2,1-3H3. The van der Waals surface area contributed by atoms with E-state index in [0.717, 1.165) is 6.54 Å². The Kier molecular flexibility index (Phi) is 12.9. The summed E-state index contributed by atoms with van der Waals surface area (Å²) in [5, 5.41) is 3.37. The predicted molar refractivity (Wildman–Crippen MR) is 74.0 cm³/mol. The zero-order valence-electron chi connectivity index (χ0n) is 11.7. The summed E-state index contributed by atoms with van der Waals surface area (Å²) in [5.41, 5.74) is 0. The second kappa shape index (κ2) is 13.0. The van der Waals surface area contributed by atoms with Crippen LogP contribution in [0.4, 0.5) is 0 Å². The Balaban J connectivity index is 2.88. The zero-order chi connectivity index (χ0) is 12.1. The molecule has 16 heavy (non-hydrogen) atoms. The summed E-state index contributed by atoms with van der Waals surface area (Å²) < 4.78 is 0. The minimum Gasteiger partial charge on any atom is -0.317 e. The number of rotatable bonds is 12. The minimum absolute atomic E-state index is 1.12. The van der Waals surface area contributed by atoms with Crippen LogP contribution in [0.5, 0.6) is 0 Å². The van der Waals surface area contributed by atoms with Gasteiger partial charge in [-0.15, -0.1) is 0 Å². The fourth-order valence-electron chi connectivity index (χ4n) is 1.92. The normalized spacial score (nSPS) is 11.2. The average Bonchev–Trinajstić information content (AvgIpc) is 2.25. The van der Waals surface area contributed by atoms with E-state index in [-0.39, 0.29) is 0 Å². The van der Waals surface area contributed by atoms with Crippen molar-refractivity contribution < 1.29 is 0 Å². The molecule has 0 spiro atoms. The van der Waals surface area contributed by atoms with E-state index in [9.17, 15) is 0 Å². The molecule has 0 aliphatic carbocycles. The molecule has 0 aromatic heterocycles. The molecule has 0 heterocycles. The summed E-state index contributed by atoms with van der Waals surface area (Å²) in [7, 11) is 4.31. The van der Waals surface area contributed by atoms with Gasteiger partial charge >= 0.3 is 0 Å². The molecule has 1 N–H and O–H groups in total. The van der Waals surface area contributed by atoms with Crippen LogP contribution < -0.4 is 5.32 Å².